The van der Waals surface area contributed by atoms with E-state index < -0.39 is 29.6 Å². The van der Waals surface area contributed by atoms with E-state index in [0.29, 0.717) is 11.3 Å². The van der Waals surface area contributed by atoms with Gasteiger partial charge in [0.2, 0.25) is 0 Å². The number of hydrogen-bond acceptors (Lipinski definition) is 5. The number of halogens is 6. The highest BCUT2D eigenvalue weighted by atomic mass is 32.1. The van der Waals surface area contributed by atoms with Crippen LogP contribution in [0.2, 0.25) is 0 Å². The van der Waals surface area contributed by atoms with Crippen LogP contribution in [0.15, 0.2) is 35.7 Å². The van der Waals surface area contributed by atoms with Gasteiger partial charge in [0.05, 0.1) is 24.8 Å². The van der Waals surface area contributed by atoms with E-state index >= 15 is 0 Å². The molecule has 12 heteroatoms. The van der Waals surface area contributed by atoms with Crippen LogP contribution in [0.4, 0.5) is 32.0 Å². The van der Waals surface area contributed by atoms with E-state index in [-0.39, 0.29) is 16.4 Å². The molecule has 1 aromatic carbocycles. The molecule has 2 N–H and O–H groups in total. The molecule has 2 aromatic rings. The number of amides is 1. The Balaban J connectivity index is 2.56. The maximum atomic E-state index is 13.7. The van der Waals surface area contributed by atoms with Crippen LogP contribution in [0.5, 0.6) is 11.5 Å². The fraction of sp³-hybridized carbons (Fsp3) is 0.312. The molecule has 1 amide bonds. The van der Waals surface area contributed by atoms with E-state index in [9.17, 15) is 31.1 Å². The van der Waals surface area contributed by atoms with Crippen molar-refractivity contribution in [3.63, 3.8) is 0 Å². The third-order valence-corrected chi connectivity index (χ3v) is 4.50. The minimum atomic E-state index is -5.94. The van der Waals surface area contributed by atoms with Crippen LogP contribution in [0.3, 0.4) is 0 Å². The Kier molecular flexibility index (Phi) is 6.02. The van der Waals surface area contributed by atoms with Crippen LogP contribution >= 0.6 is 11.3 Å². The molecule has 0 aliphatic rings. The first-order valence-electron chi connectivity index (χ1n) is 7.45. The summed E-state index contributed by atoms with van der Waals surface area (Å²) in [5.41, 5.74) is -5.41. The number of hydrogen-bond donors (Lipinski definition) is 2. The van der Waals surface area contributed by atoms with Gasteiger partial charge in [-0.15, -0.1) is 11.3 Å². The highest BCUT2D eigenvalue weighted by Crippen LogP contribution is 2.45. The maximum Gasteiger partial charge on any atom is 0.439 e. The second-order valence-corrected chi connectivity index (χ2v) is 6.32. The smallest absolute Gasteiger partial charge is 0.439 e. The van der Waals surface area contributed by atoms with E-state index in [1.54, 1.807) is 0 Å². The van der Waals surface area contributed by atoms with Gasteiger partial charge in [-0.2, -0.15) is 26.3 Å². The molecule has 1 aromatic heterocycles. The monoisotopic (exact) mass is 428 g/mol. The molecule has 2 rings (SSSR count). The van der Waals surface area contributed by atoms with Crippen molar-refractivity contribution in [3.8, 4) is 11.5 Å². The minimum Gasteiger partial charge on any atom is -0.497 e. The van der Waals surface area contributed by atoms with E-state index in [2.05, 4.69) is 0 Å². The molecule has 0 radical (unpaired) electrons. The molecule has 0 atom stereocenters. The number of carbonyl (C=O) groups is 1. The molecule has 0 fully saturated rings. The van der Waals surface area contributed by atoms with Gasteiger partial charge >= 0.3 is 18.0 Å². The lowest BCUT2D eigenvalue weighted by Gasteiger charge is -2.39. The Bertz CT molecular complexity index is 807. The first-order valence-corrected chi connectivity index (χ1v) is 8.33. The summed E-state index contributed by atoms with van der Waals surface area (Å²) in [6.45, 7) is 0. The van der Waals surface area contributed by atoms with Gasteiger partial charge in [0.25, 0.3) is 5.91 Å². The number of anilines is 1. The number of ether oxygens (including phenoxy) is 2. The van der Waals surface area contributed by atoms with Crippen LogP contribution in [-0.4, -0.2) is 38.1 Å². The molecular formula is C16H14F6N2O3S. The second-order valence-electron chi connectivity index (χ2n) is 5.37. The summed E-state index contributed by atoms with van der Waals surface area (Å²) in [7, 11) is 2.33. The average molecular weight is 428 g/mol. The summed E-state index contributed by atoms with van der Waals surface area (Å²) >= 11 is 0.696. The van der Waals surface area contributed by atoms with Crippen molar-refractivity contribution in [3.05, 3.63) is 40.6 Å². The number of nitrogens with one attached hydrogen (secondary N) is 2. The fourth-order valence-electron chi connectivity index (χ4n) is 2.22. The van der Waals surface area contributed by atoms with Crippen molar-refractivity contribution < 1.29 is 40.6 Å². The summed E-state index contributed by atoms with van der Waals surface area (Å²) in [5, 5.41) is 3.79. The zero-order chi connectivity index (χ0) is 21.2. The zero-order valence-corrected chi connectivity index (χ0v) is 15.2. The Hall–Kier alpha value is -2.63. The molecule has 1 heterocycles. The Morgan fingerprint density at radius 2 is 1.64 bits per heavy atom. The normalized spacial score (nSPS) is 12.4. The van der Waals surface area contributed by atoms with Gasteiger partial charge in [-0.25, -0.2) is 0 Å². The van der Waals surface area contributed by atoms with Crippen molar-refractivity contribution in [2.45, 2.75) is 18.0 Å². The molecule has 0 aliphatic carbocycles. The lowest BCUT2D eigenvalue weighted by molar-refractivity contribution is -0.294. The van der Waals surface area contributed by atoms with E-state index in [0.717, 1.165) is 36.7 Å². The average Bonchev–Trinajstić information content (AvgIpc) is 3.14. The fourth-order valence-corrected chi connectivity index (χ4v) is 2.84. The van der Waals surface area contributed by atoms with Gasteiger partial charge in [-0.1, -0.05) is 6.07 Å². The van der Waals surface area contributed by atoms with Gasteiger partial charge in [0, 0.05) is 6.07 Å². The summed E-state index contributed by atoms with van der Waals surface area (Å²) in [6, 6.07) is 5.58. The van der Waals surface area contributed by atoms with E-state index in [1.807, 2.05) is 0 Å². The van der Waals surface area contributed by atoms with Crippen LogP contribution < -0.4 is 20.1 Å². The highest BCUT2D eigenvalue weighted by Gasteiger charge is 2.72. The molecule has 0 saturated carbocycles. The number of rotatable bonds is 6. The van der Waals surface area contributed by atoms with Gasteiger partial charge in [0.1, 0.15) is 11.5 Å². The Morgan fingerprint density at radius 3 is 2.11 bits per heavy atom. The standard InChI is InChI=1S/C16H14F6N2O3S/c1-26-9-5-6-10(11(8-9)27-2)23-14(15(17,18)19,16(20,21)22)24-13(25)12-4-3-7-28-12/h3-8,23H,1-2H3,(H,24,25). The SMILES string of the molecule is COc1ccc(NC(NC(=O)c2cccs2)(C(F)(F)F)C(F)(F)F)c(OC)c1. The molecule has 0 aliphatic heterocycles. The predicted molar refractivity (Wildman–Crippen MR) is 89.8 cm³/mol. The third kappa shape index (κ3) is 4.11. The Labute approximate surface area is 159 Å². The van der Waals surface area contributed by atoms with Crippen LogP contribution in [-0.2, 0) is 0 Å². The number of carbonyl (C=O) groups excluding carboxylic acids is 1. The van der Waals surface area contributed by atoms with Crippen LogP contribution in [0.25, 0.3) is 0 Å². The number of methoxy groups -OCH3 is 2. The molecule has 0 saturated heterocycles. The van der Waals surface area contributed by atoms with Crippen molar-refractivity contribution in [2.75, 3.05) is 19.5 Å². The second kappa shape index (κ2) is 7.78. The first-order chi connectivity index (χ1) is 12.9. The molecule has 28 heavy (non-hydrogen) atoms. The van der Waals surface area contributed by atoms with Crippen molar-refractivity contribution in [1.82, 2.24) is 5.32 Å². The number of thiophene rings is 1. The third-order valence-electron chi connectivity index (χ3n) is 3.63. The van der Waals surface area contributed by atoms with Gasteiger partial charge < -0.3 is 20.1 Å². The largest absolute Gasteiger partial charge is 0.497 e. The summed E-state index contributed by atoms with van der Waals surface area (Å²) < 4.78 is 91.8. The lowest BCUT2D eigenvalue weighted by Crippen LogP contribution is -2.72. The molecule has 5 nitrogen and oxygen atoms in total. The lowest BCUT2D eigenvalue weighted by atomic mass is 10.1. The van der Waals surface area contributed by atoms with Crippen LogP contribution in [0, 0.1) is 0 Å². The zero-order valence-electron chi connectivity index (χ0n) is 14.4. The highest BCUT2D eigenvalue weighted by molar-refractivity contribution is 7.12. The van der Waals surface area contributed by atoms with Crippen molar-refractivity contribution >= 4 is 22.9 Å². The van der Waals surface area contributed by atoms with Crippen molar-refractivity contribution in [1.29, 1.82) is 0 Å². The van der Waals surface area contributed by atoms with Gasteiger partial charge in [0.15, 0.2) is 0 Å². The van der Waals surface area contributed by atoms with Gasteiger partial charge in [-0.05, 0) is 23.6 Å². The Morgan fingerprint density at radius 1 is 1.00 bits per heavy atom. The topological polar surface area (TPSA) is 59.6 Å². The first kappa shape index (κ1) is 21.7. The molecule has 154 valence electrons. The summed E-state index contributed by atoms with van der Waals surface area (Å²) in [6.07, 6.45) is -11.9. The molecule has 0 bridgehead atoms. The van der Waals surface area contributed by atoms with E-state index in [4.69, 9.17) is 9.47 Å². The van der Waals surface area contributed by atoms with Gasteiger partial charge in [-0.3, -0.25) is 4.79 Å². The molecule has 0 unspecified atom stereocenters. The maximum absolute atomic E-state index is 13.7. The predicted octanol–water partition coefficient (Wildman–Crippen LogP) is 4.43. The van der Waals surface area contributed by atoms with E-state index in [1.165, 1.54) is 23.9 Å². The van der Waals surface area contributed by atoms with Crippen molar-refractivity contribution in [2.24, 2.45) is 0 Å². The summed E-state index contributed by atoms with van der Waals surface area (Å²) in [5.74, 6) is -1.73. The molecule has 0 spiro atoms. The van der Waals surface area contributed by atoms with Crippen LogP contribution in [0.1, 0.15) is 9.67 Å². The number of alkyl halides is 6. The number of benzene rings is 1. The molecular weight excluding hydrogens is 414 g/mol. The minimum absolute atomic E-state index is 0.148. The summed E-state index contributed by atoms with van der Waals surface area (Å²) in [4.78, 5) is 11.7. The quantitative estimate of drug-likeness (QED) is 0.528.